The number of carbonyl (C=O) groups excluding carboxylic acids is 2. The van der Waals surface area contributed by atoms with Gasteiger partial charge in [-0.3, -0.25) is 9.59 Å². The monoisotopic (exact) mass is 467 g/mol. The summed E-state index contributed by atoms with van der Waals surface area (Å²) in [7, 11) is 4.72. The highest BCUT2D eigenvalue weighted by atomic mass is 16.5. The van der Waals surface area contributed by atoms with Gasteiger partial charge >= 0.3 is 0 Å². The van der Waals surface area contributed by atoms with E-state index in [2.05, 4.69) is 0 Å². The summed E-state index contributed by atoms with van der Waals surface area (Å²) in [6.07, 6.45) is 0.548. The van der Waals surface area contributed by atoms with Crippen LogP contribution in [0.15, 0.2) is 48.0 Å². The first-order valence-corrected chi connectivity index (χ1v) is 11.2. The lowest BCUT2D eigenvalue weighted by molar-refractivity contribution is -0.140. The summed E-state index contributed by atoms with van der Waals surface area (Å²) in [6, 6.07) is 11.7. The van der Waals surface area contributed by atoms with Crippen LogP contribution in [0.3, 0.4) is 0 Å². The quantitative estimate of drug-likeness (QED) is 0.267. The van der Waals surface area contributed by atoms with Crippen LogP contribution >= 0.6 is 0 Å². The van der Waals surface area contributed by atoms with Crippen LogP contribution in [0.4, 0.5) is 0 Å². The molecule has 34 heavy (non-hydrogen) atoms. The number of hydrogen-bond donors (Lipinski definition) is 1. The molecule has 1 atom stereocenters. The average molecular weight is 468 g/mol. The van der Waals surface area contributed by atoms with Crippen molar-refractivity contribution in [2.75, 3.05) is 34.5 Å². The lowest BCUT2D eigenvalue weighted by Crippen LogP contribution is -2.31. The SMILES string of the molecule is COCCCN1C(=O)C(=O)/C(=C(/O)c2ccc(OC)c(C(C)(C)C)c2)C1c1ccccc1OC. The Morgan fingerprint density at radius 1 is 1.00 bits per heavy atom. The van der Waals surface area contributed by atoms with Crippen LogP contribution in [0.25, 0.3) is 5.76 Å². The number of para-hydroxylation sites is 1. The normalized spacial score (nSPS) is 17.8. The van der Waals surface area contributed by atoms with Crippen molar-refractivity contribution >= 4 is 17.4 Å². The molecular formula is C27H33NO6. The topological polar surface area (TPSA) is 85.3 Å². The Hall–Kier alpha value is -3.32. The predicted molar refractivity (Wildman–Crippen MR) is 130 cm³/mol. The second kappa shape index (κ2) is 10.3. The zero-order valence-electron chi connectivity index (χ0n) is 20.7. The number of carbonyl (C=O) groups is 2. The fraction of sp³-hybridized carbons (Fsp3) is 0.407. The van der Waals surface area contributed by atoms with Gasteiger partial charge in [-0.2, -0.15) is 0 Å². The van der Waals surface area contributed by atoms with Gasteiger partial charge in [0.25, 0.3) is 11.7 Å². The molecule has 1 N–H and O–H groups in total. The van der Waals surface area contributed by atoms with Gasteiger partial charge in [-0.1, -0.05) is 39.0 Å². The van der Waals surface area contributed by atoms with Gasteiger partial charge in [0.15, 0.2) is 0 Å². The van der Waals surface area contributed by atoms with Crippen LogP contribution in [-0.2, 0) is 19.7 Å². The van der Waals surface area contributed by atoms with Gasteiger partial charge in [0, 0.05) is 37.0 Å². The van der Waals surface area contributed by atoms with E-state index in [9.17, 15) is 14.7 Å². The number of ether oxygens (including phenoxy) is 3. The first-order valence-electron chi connectivity index (χ1n) is 11.2. The lowest BCUT2D eigenvalue weighted by atomic mass is 9.84. The second-order valence-electron chi connectivity index (χ2n) is 9.25. The Morgan fingerprint density at radius 2 is 1.68 bits per heavy atom. The molecule has 0 saturated carbocycles. The number of aliphatic hydroxyl groups is 1. The highest BCUT2D eigenvalue weighted by Gasteiger charge is 2.46. The number of benzene rings is 2. The number of amides is 1. The van der Waals surface area contributed by atoms with Crippen LogP contribution in [-0.4, -0.2) is 56.2 Å². The molecule has 7 nitrogen and oxygen atoms in total. The summed E-state index contributed by atoms with van der Waals surface area (Å²) < 4.78 is 16.2. The van der Waals surface area contributed by atoms with Crippen LogP contribution in [0.1, 0.15) is 49.9 Å². The molecule has 2 aromatic carbocycles. The molecule has 0 aliphatic carbocycles. The minimum Gasteiger partial charge on any atom is -0.507 e. The van der Waals surface area contributed by atoms with E-state index in [1.54, 1.807) is 38.5 Å². The van der Waals surface area contributed by atoms with Gasteiger partial charge < -0.3 is 24.2 Å². The van der Waals surface area contributed by atoms with Crippen molar-refractivity contribution in [3.63, 3.8) is 0 Å². The molecule has 0 radical (unpaired) electrons. The Labute approximate surface area is 200 Å². The van der Waals surface area contributed by atoms with E-state index in [1.165, 1.54) is 12.0 Å². The fourth-order valence-corrected chi connectivity index (χ4v) is 4.30. The van der Waals surface area contributed by atoms with E-state index in [0.717, 1.165) is 5.56 Å². The van der Waals surface area contributed by atoms with Gasteiger partial charge in [-0.05, 0) is 36.1 Å². The molecule has 1 amide bonds. The van der Waals surface area contributed by atoms with Crippen molar-refractivity contribution in [1.82, 2.24) is 4.90 Å². The van der Waals surface area contributed by atoms with Gasteiger partial charge in [0.1, 0.15) is 17.3 Å². The molecule has 3 rings (SSSR count). The third-order valence-electron chi connectivity index (χ3n) is 6.00. The number of rotatable bonds is 8. The van der Waals surface area contributed by atoms with E-state index in [-0.39, 0.29) is 16.7 Å². The number of nitrogens with zero attached hydrogens (tertiary/aromatic N) is 1. The molecule has 1 aliphatic heterocycles. The van der Waals surface area contributed by atoms with Crippen LogP contribution in [0.5, 0.6) is 11.5 Å². The standard InChI is InChI=1S/C27H33NO6/c1-27(2,3)19-16-17(12-13-21(19)34-6)24(29)22-23(18-10-7-8-11-20(18)33-5)28(14-9-15-32-4)26(31)25(22)30/h7-8,10-13,16,23,29H,9,14-15H2,1-6H3/b24-22+. The van der Waals surface area contributed by atoms with Crippen molar-refractivity contribution in [3.05, 3.63) is 64.7 Å². The Balaban J connectivity index is 2.22. The fourth-order valence-electron chi connectivity index (χ4n) is 4.30. The maximum atomic E-state index is 13.2. The summed E-state index contributed by atoms with van der Waals surface area (Å²) >= 11 is 0. The number of ketones is 1. The van der Waals surface area contributed by atoms with Crippen molar-refractivity contribution < 1.29 is 28.9 Å². The number of hydrogen-bond acceptors (Lipinski definition) is 6. The van der Waals surface area contributed by atoms with Crippen molar-refractivity contribution in [2.45, 2.75) is 38.6 Å². The maximum Gasteiger partial charge on any atom is 0.295 e. The van der Waals surface area contributed by atoms with Crippen LogP contribution in [0.2, 0.25) is 0 Å². The highest BCUT2D eigenvalue weighted by molar-refractivity contribution is 6.46. The highest BCUT2D eigenvalue weighted by Crippen LogP contribution is 2.43. The molecule has 0 aromatic heterocycles. The summed E-state index contributed by atoms with van der Waals surface area (Å²) in [5.74, 6) is -0.388. The molecule has 0 spiro atoms. The van der Waals surface area contributed by atoms with Crippen LogP contribution < -0.4 is 9.47 Å². The van der Waals surface area contributed by atoms with Crippen molar-refractivity contribution in [1.29, 1.82) is 0 Å². The summed E-state index contributed by atoms with van der Waals surface area (Å²) in [4.78, 5) is 27.8. The number of aliphatic hydroxyl groups excluding tert-OH is 1. The first-order chi connectivity index (χ1) is 16.1. The third-order valence-corrected chi connectivity index (χ3v) is 6.00. The summed E-state index contributed by atoms with van der Waals surface area (Å²) in [6.45, 7) is 6.86. The minimum absolute atomic E-state index is 0.0388. The maximum absolute atomic E-state index is 13.2. The van der Waals surface area contributed by atoms with Gasteiger partial charge in [-0.25, -0.2) is 0 Å². The largest absolute Gasteiger partial charge is 0.507 e. The molecular weight excluding hydrogens is 434 g/mol. The Morgan fingerprint density at radius 3 is 2.29 bits per heavy atom. The number of methoxy groups -OCH3 is 3. The van der Waals surface area contributed by atoms with Crippen LogP contribution in [0, 0.1) is 0 Å². The van der Waals surface area contributed by atoms with Gasteiger partial charge in [-0.15, -0.1) is 0 Å². The van der Waals surface area contributed by atoms with Gasteiger partial charge in [0.2, 0.25) is 0 Å². The molecule has 7 heteroatoms. The van der Waals surface area contributed by atoms with Crippen molar-refractivity contribution in [3.8, 4) is 11.5 Å². The lowest BCUT2D eigenvalue weighted by Gasteiger charge is -2.27. The molecule has 2 aromatic rings. The number of likely N-dealkylation sites (tertiary alicyclic amines) is 1. The second-order valence-corrected chi connectivity index (χ2v) is 9.25. The van der Waals surface area contributed by atoms with E-state index in [0.29, 0.717) is 42.2 Å². The zero-order valence-corrected chi connectivity index (χ0v) is 20.7. The smallest absolute Gasteiger partial charge is 0.295 e. The molecule has 0 bridgehead atoms. The summed E-state index contributed by atoms with van der Waals surface area (Å²) in [5, 5.41) is 11.4. The first kappa shape index (κ1) is 25.3. The molecule has 1 unspecified atom stereocenters. The molecule has 1 aliphatic rings. The van der Waals surface area contributed by atoms with Gasteiger partial charge in [0.05, 0.1) is 25.8 Å². The Bertz CT molecular complexity index is 1100. The van der Waals surface area contributed by atoms with Crippen molar-refractivity contribution in [2.24, 2.45) is 0 Å². The van der Waals surface area contributed by atoms with E-state index >= 15 is 0 Å². The molecule has 1 heterocycles. The van der Waals surface area contributed by atoms with E-state index < -0.39 is 17.7 Å². The zero-order chi connectivity index (χ0) is 25.0. The molecule has 182 valence electrons. The van der Waals surface area contributed by atoms with E-state index in [4.69, 9.17) is 14.2 Å². The molecule has 1 fully saturated rings. The summed E-state index contributed by atoms with van der Waals surface area (Å²) in [5.41, 5.74) is 1.73. The Kier molecular flexibility index (Phi) is 7.67. The number of Topliss-reactive ketones (excluding diaryl/α,β-unsaturated/α-hetero) is 1. The predicted octanol–water partition coefficient (Wildman–Crippen LogP) is 4.46. The van der Waals surface area contributed by atoms with E-state index in [1.807, 2.05) is 39.0 Å². The average Bonchev–Trinajstić information content (AvgIpc) is 3.07. The minimum atomic E-state index is -0.784. The third kappa shape index (κ3) is 4.80. The molecule has 1 saturated heterocycles.